The van der Waals surface area contributed by atoms with Gasteiger partial charge in [0, 0.05) is 6.42 Å². The molecule has 0 aromatic carbocycles. The minimum absolute atomic E-state index is 0.0612. The molecular formula is C42H76O3. The van der Waals surface area contributed by atoms with Crippen molar-refractivity contribution in [3.05, 3.63) is 36.0 Å². The zero-order valence-corrected chi connectivity index (χ0v) is 30.3. The van der Waals surface area contributed by atoms with E-state index in [-0.39, 0.29) is 11.4 Å². The fourth-order valence-electron chi connectivity index (χ4n) is 6.02. The molecule has 45 heavy (non-hydrogen) atoms. The van der Waals surface area contributed by atoms with Gasteiger partial charge < -0.3 is 5.11 Å². The summed E-state index contributed by atoms with van der Waals surface area (Å²) in [5.74, 6) is -1.33. The van der Waals surface area contributed by atoms with Crippen molar-refractivity contribution in [2.24, 2.45) is 0 Å². The fourth-order valence-corrected chi connectivity index (χ4v) is 6.02. The number of hydrogen-bond acceptors (Lipinski definition) is 2. The van der Waals surface area contributed by atoms with Gasteiger partial charge in [0.05, 0.1) is 0 Å². The van der Waals surface area contributed by atoms with Crippen molar-refractivity contribution < 1.29 is 14.7 Å². The number of carbonyl (C=O) groups is 2. The largest absolute Gasteiger partial charge is 0.478 e. The molecule has 0 unspecified atom stereocenters. The van der Waals surface area contributed by atoms with E-state index >= 15 is 0 Å². The van der Waals surface area contributed by atoms with Crippen LogP contribution < -0.4 is 0 Å². The second-order valence-electron chi connectivity index (χ2n) is 13.5. The molecule has 3 nitrogen and oxygen atoms in total. The lowest BCUT2D eigenvalue weighted by atomic mass is 10.0. The van der Waals surface area contributed by atoms with Crippen LogP contribution in [0.3, 0.4) is 0 Å². The van der Waals surface area contributed by atoms with Gasteiger partial charge in [-0.05, 0) is 51.0 Å². The van der Waals surface area contributed by atoms with Crippen molar-refractivity contribution in [2.75, 3.05) is 0 Å². The van der Waals surface area contributed by atoms with E-state index < -0.39 is 5.97 Å². The summed E-state index contributed by atoms with van der Waals surface area (Å²) in [5.41, 5.74) is -0.0612. The zero-order valence-electron chi connectivity index (χ0n) is 30.3. The number of unbranched alkanes of at least 4 members (excludes halogenated alkanes) is 28. The maximum Gasteiger partial charge on any atom is 0.339 e. The predicted molar refractivity (Wildman–Crippen MR) is 198 cm³/mol. The monoisotopic (exact) mass is 629 g/mol. The molecule has 1 N–H and O–H groups in total. The summed E-state index contributed by atoms with van der Waals surface area (Å²) in [6.07, 6.45) is 50.3. The van der Waals surface area contributed by atoms with Gasteiger partial charge in [-0.2, -0.15) is 0 Å². The molecular weight excluding hydrogens is 552 g/mol. The van der Waals surface area contributed by atoms with E-state index in [1.807, 2.05) is 6.08 Å². The molecule has 0 aliphatic carbocycles. The van der Waals surface area contributed by atoms with Gasteiger partial charge in [-0.25, -0.2) is 4.79 Å². The summed E-state index contributed by atoms with van der Waals surface area (Å²) in [6, 6.07) is 0. The van der Waals surface area contributed by atoms with Crippen LogP contribution in [0.5, 0.6) is 0 Å². The third-order valence-electron chi connectivity index (χ3n) is 9.07. The van der Waals surface area contributed by atoms with Crippen LogP contribution in [0.4, 0.5) is 0 Å². The molecule has 0 amide bonds. The van der Waals surface area contributed by atoms with Crippen LogP contribution in [0.2, 0.25) is 0 Å². The summed E-state index contributed by atoms with van der Waals surface area (Å²) < 4.78 is 0. The Morgan fingerprint density at radius 2 is 0.733 bits per heavy atom. The summed E-state index contributed by atoms with van der Waals surface area (Å²) >= 11 is 0. The molecule has 3 heteroatoms. The van der Waals surface area contributed by atoms with Gasteiger partial charge in [-0.3, -0.25) is 4.79 Å². The Morgan fingerprint density at radius 1 is 0.422 bits per heavy atom. The molecule has 0 radical (unpaired) electrons. The molecule has 0 heterocycles. The fraction of sp³-hybridized carbons (Fsp3) is 0.810. The molecule has 0 fully saturated rings. The Morgan fingerprint density at radius 3 is 1.09 bits per heavy atom. The first-order valence-corrected chi connectivity index (χ1v) is 19.9. The average molecular weight is 629 g/mol. The highest BCUT2D eigenvalue weighted by Gasteiger charge is 2.15. The topological polar surface area (TPSA) is 54.4 Å². The van der Waals surface area contributed by atoms with Crippen molar-refractivity contribution in [3.63, 3.8) is 0 Å². The first kappa shape index (κ1) is 43.4. The summed E-state index contributed by atoms with van der Waals surface area (Å²) in [5, 5.41) is 9.50. The number of allylic oxidation sites excluding steroid dienone is 5. The first-order valence-electron chi connectivity index (χ1n) is 19.9. The third-order valence-corrected chi connectivity index (χ3v) is 9.07. The van der Waals surface area contributed by atoms with Crippen molar-refractivity contribution in [2.45, 2.75) is 219 Å². The summed E-state index contributed by atoms with van der Waals surface area (Å²) in [7, 11) is 0. The van der Waals surface area contributed by atoms with Crippen LogP contribution in [-0.4, -0.2) is 16.9 Å². The molecule has 0 saturated heterocycles. The van der Waals surface area contributed by atoms with E-state index in [0.29, 0.717) is 6.42 Å². The van der Waals surface area contributed by atoms with E-state index in [2.05, 4.69) is 26.0 Å². The van der Waals surface area contributed by atoms with Crippen LogP contribution in [0.15, 0.2) is 36.0 Å². The standard InChI is InChI=1S/C42H76O3/c1-3-5-7-9-11-13-15-17-19-21-22-23-25-27-29-31-33-35-37-39-41(43)40(42(44)45)38-36-34-32-30-28-26-24-20-18-16-14-12-10-8-6-4-2/h17,19,34,36,38H,3-16,18,20-33,35,37,39H2,1-2H3,(H,44,45)/b19-17-,36-34?,40-38?. The van der Waals surface area contributed by atoms with E-state index in [1.165, 1.54) is 173 Å². The van der Waals surface area contributed by atoms with E-state index in [1.54, 1.807) is 6.08 Å². The van der Waals surface area contributed by atoms with Crippen molar-refractivity contribution in [1.29, 1.82) is 0 Å². The average Bonchev–Trinajstić information content (AvgIpc) is 3.03. The number of carboxylic acid groups (broad SMARTS) is 1. The lowest BCUT2D eigenvalue weighted by molar-refractivity contribution is -0.134. The van der Waals surface area contributed by atoms with Crippen LogP contribution in [0.1, 0.15) is 219 Å². The van der Waals surface area contributed by atoms with Gasteiger partial charge in [0.2, 0.25) is 0 Å². The van der Waals surface area contributed by atoms with Crippen LogP contribution in [0.25, 0.3) is 0 Å². The number of ketones is 1. The van der Waals surface area contributed by atoms with Crippen molar-refractivity contribution in [1.82, 2.24) is 0 Å². The normalized spacial score (nSPS) is 12.2. The molecule has 0 atom stereocenters. The minimum Gasteiger partial charge on any atom is -0.478 e. The van der Waals surface area contributed by atoms with Gasteiger partial charge >= 0.3 is 5.97 Å². The Labute approximate surface area is 281 Å². The summed E-state index contributed by atoms with van der Waals surface area (Å²) in [6.45, 7) is 4.54. The molecule has 0 saturated carbocycles. The predicted octanol–water partition coefficient (Wildman–Crippen LogP) is 14.2. The number of Topliss-reactive ketones (excluding diaryl/α,β-unsaturated/α-hetero) is 1. The SMILES string of the molecule is CCCCCCCC/C=C\CCCCCCCCCCCC(=O)C(=CC=CCCCCCCCCCCCCCCC)C(=O)O. The lowest BCUT2D eigenvalue weighted by Crippen LogP contribution is -2.11. The quantitative estimate of drug-likeness (QED) is 0.0187. The molecule has 0 bridgehead atoms. The third kappa shape index (κ3) is 33.5. The van der Waals surface area contributed by atoms with Crippen LogP contribution in [-0.2, 0) is 9.59 Å². The number of carbonyl (C=O) groups excluding carboxylic acids is 1. The van der Waals surface area contributed by atoms with Gasteiger partial charge in [-0.1, -0.05) is 192 Å². The highest BCUT2D eigenvalue weighted by molar-refractivity contribution is 6.16. The zero-order chi connectivity index (χ0) is 32.9. The van der Waals surface area contributed by atoms with E-state index in [0.717, 1.165) is 32.1 Å². The second kappa shape index (κ2) is 36.8. The van der Waals surface area contributed by atoms with E-state index in [9.17, 15) is 14.7 Å². The number of carboxylic acids is 1. The molecule has 262 valence electrons. The highest BCUT2D eigenvalue weighted by atomic mass is 16.4. The molecule has 0 aromatic rings. The van der Waals surface area contributed by atoms with Gasteiger partial charge in [0.1, 0.15) is 5.57 Å². The second-order valence-corrected chi connectivity index (χ2v) is 13.5. The van der Waals surface area contributed by atoms with Crippen LogP contribution in [0, 0.1) is 0 Å². The van der Waals surface area contributed by atoms with Crippen molar-refractivity contribution >= 4 is 11.8 Å². The summed E-state index contributed by atoms with van der Waals surface area (Å²) in [4.78, 5) is 24.1. The van der Waals surface area contributed by atoms with E-state index in [4.69, 9.17) is 0 Å². The molecule has 0 aliphatic rings. The molecule has 0 aromatic heterocycles. The lowest BCUT2D eigenvalue weighted by Gasteiger charge is -2.03. The molecule has 0 spiro atoms. The molecule has 0 aliphatic heterocycles. The van der Waals surface area contributed by atoms with Gasteiger partial charge in [-0.15, -0.1) is 0 Å². The maximum atomic E-state index is 12.5. The molecule has 0 rings (SSSR count). The first-order chi connectivity index (χ1) is 22.1. The van der Waals surface area contributed by atoms with Gasteiger partial charge in [0.25, 0.3) is 0 Å². The Hall–Kier alpha value is -1.64. The Balaban J connectivity index is 3.66. The maximum absolute atomic E-state index is 12.5. The Bertz CT molecular complexity index is 732. The smallest absolute Gasteiger partial charge is 0.339 e. The Kier molecular flexibility index (Phi) is 35.5. The van der Waals surface area contributed by atoms with Gasteiger partial charge in [0.15, 0.2) is 5.78 Å². The van der Waals surface area contributed by atoms with Crippen molar-refractivity contribution in [3.8, 4) is 0 Å². The number of hydrogen-bond donors (Lipinski definition) is 1. The highest BCUT2D eigenvalue weighted by Crippen LogP contribution is 2.15. The minimum atomic E-state index is -1.10. The number of rotatable bonds is 36. The number of aliphatic carboxylic acids is 1. The van der Waals surface area contributed by atoms with Crippen LogP contribution >= 0.6 is 0 Å².